The predicted molar refractivity (Wildman–Crippen MR) is 72.7 cm³/mol. The van der Waals surface area contributed by atoms with E-state index in [4.69, 9.17) is 11.0 Å². The summed E-state index contributed by atoms with van der Waals surface area (Å²) in [5.74, 6) is -1.89. The van der Waals surface area contributed by atoms with E-state index >= 15 is 0 Å². The number of nitrogen functional groups attached to an aromatic ring is 1. The lowest BCUT2D eigenvalue weighted by molar-refractivity contribution is 0.570. The van der Waals surface area contributed by atoms with Gasteiger partial charge in [0.15, 0.2) is 0 Å². The first-order valence-corrected chi connectivity index (χ1v) is 7.10. The van der Waals surface area contributed by atoms with Gasteiger partial charge in [-0.2, -0.15) is 5.26 Å². The molecule has 0 atom stereocenters. The van der Waals surface area contributed by atoms with E-state index < -0.39 is 32.1 Å². The minimum absolute atomic E-state index is 0.0523. The van der Waals surface area contributed by atoms with Gasteiger partial charge in [0, 0.05) is 5.69 Å². The van der Waals surface area contributed by atoms with E-state index in [0.717, 1.165) is 18.2 Å². The summed E-state index contributed by atoms with van der Waals surface area (Å²) in [6, 6.07) is 8.02. The van der Waals surface area contributed by atoms with E-state index in [1.807, 2.05) is 4.72 Å². The van der Waals surface area contributed by atoms with Crippen molar-refractivity contribution in [3.05, 3.63) is 53.6 Å². The number of anilines is 2. The zero-order valence-electron chi connectivity index (χ0n) is 10.5. The number of benzene rings is 2. The smallest absolute Gasteiger partial charge is 0.264 e. The summed E-state index contributed by atoms with van der Waals surface area (Å²) in [7, 11) is -4.34. The van der Waals surface area contributed by atoms with Crippen molar-refractivity contribution in [2.24, 2.45) is 0 Å². The fourth-order valence-corrected chi connectivity index (χ4v) is 2.83. The SMILES string of the molecule is N#Cc1c(F)cccc1NS(=O)(=O)c1cc(N)ccc1F. The van der Waals surface area contributed by atoms with Crippen molar-refractivity contribution >= 4 is 21.4 Å². The molecule has 0 saturated carbocycles. The quantitative estimate of drug-likeness (QED) is 0.850. The second kappa shape index (κ2) is 5.38. The van der Waals surface area contributed by atoms with Crippen molar-refractivity contribution in [1.29, 1.82) is 5.26 Å². The molecule has 0 saturated heterocycles. The van der Waals surface area contributed by atoms with Gasteiger partial charge >= 0.3 is 0 Å². The minimum atomic E-state index is -4.34. The van der Waals surface area contributed by atoms with Crippen LogP contribution in [0.5, 0.6) is 0 Å². The summed E-state index contributed by atoms with van der Waals surface area (Å²) in [5.41, 5.74) is 4.72. The van der Waals surface area contributed by atoms with Gasteiger partial charge in [-0.1, -0.05) is 6.07 Å². The molecule has 0 aliphatic carbocycles. The highest BCUT2D eigenvalue weighted by Crippen LogP contribution is 2.24. The number of nitrogens with one attached hydrogen (secondary N) is 1. The molecule has 0 aliphatic rings. The molecule has 0 bridgehead atoms. The minimum Gasteiger partial charge on any atom is -0.399 e. The summed E-state index contributed by atoms with van der Waals surface area (Å²) in [6.45, 7) is 0. The third kappa shape index (κ3) is 2.93. The standard InChI is InChI=1S/C13H9F2N3O2S/c14-10-2-1-3-12(9(10)7-16)18-21(19,20)13-6-8(17)4-5-11(13)15/h1-6,18H,17H2. The van der Waals surface area contributed by atoms with Crippen molar-refractivity contribution < 1.29 is 17.2 Å². The van der Waals surface area contributed by atoms with Crippen LogP contribution in [-0.4, -0.2) is 8.42 Å². The number of hydrogen-bond donors (Lipinski definition) is 2. The lowest BCUT2D eigenvalue weighted by Gasteiger charge is -2.11. The van der Waals surface area contributed by atoms with Gasteiger partial charge in [-0.15, -0.1) is 0 Å². The molecule has 3 N–H and O–H groups in total. The van der Waals surface area contributed by atoms with Gasteiger partial charge in [0.05, 0.1) is 5.69 Å². The van der Waals surface area contributed by atoms with Crippen LogP contribution in [0.4, 0.5) is 20.2 Å². The molecule has 0 amide bonds. The fraction of sp³-hybridized carbons (Fsp3) is 0. The third-order valence-corrected chi connectivity index (χ3v) is 4.00. The molecule has 2 aromatic carbocycles. The van der Waals surface area contributed by atoms with Gasteiger partial charge in [-0.3, -0.25) is 4.72 Å². The monoisotopic (exact) mass is 309 g/mol. The lowest BCUT2D eigenvalue weighted by atomic mass is 10.2. The van der Waals surface area contributed by atoms with Crippen LogP contribution in [-0.2, 0) is 10.0 Å². The summed E-state index contributed by atoms with van der Waals surface area (Å²) in [5, 5.41) is 8.85. The number of hydrogen-bond acceptors (Lipinski definition) is 4. The van der Waals surface area contributed by atoms with Crippen molar-refractivity contribution in [1.82, 2.24) is 0 Å². The molecule has 5 nitrogen and oxygen atoms in total. The first-order valence-electron chi connectivity index (χ1n) is 5.61. The number of nitrogens with two attached hydrogens (primary N) is 1. The molecule has 0 aliphatic heterocycles. The number of nitriles is 1. The summed E-state index contributed by atoms with van der Waals surface area (Å²) >= 11 is 0. The molecule has 0 heterocycles. The van der Waals surface area contributed by atoms with Crippen molar-refractivity contribution in [2.45, 2.75) is 4.90 Å². The maximum Gasteiger partial charge on any atom is 0.264 e. The Labute approximate surface area is 119 Å². The Balaban J connectivity index is 2.51. The second-order valence-corrected chi connectivity index (χ2v) is 5.72. The molecule has 108 valence electrons. The van der Waals surface area contributed by atoms with E-state index in [1.165, 1.54) is 18.2 Å². The molecule has 21 heavy (non-hydrogen) atoms. The highest BCUT2D eigenvalue weighted by Gasteiger charge is 2.21. The Hall–Kier alpha value is -2.66. The van der Waals surface area contributed by atoms with Crippen molar-refractivity contribution in [2.75, 3.05) is 10.5 Å². The van der Waals surface area contributed by atoms with Crippen LogP contribution in [0.15, 0.2) is 41.3 Å². The molecular weight excluding hydrogens is 300 g/mol. The van der Waals surface area contributed by atoms with E-state index in [2.05, 4.69) is 0 Å². The fourth-order valence-electron chi connectivity index (χ4n) is 1.65. The van der Waals surface area contributed by atoms with Gasteiger partial charge in [0.2, 0.25) is 0 Å². The largest absolute Gasteiger partial charge is 0.399 e. The Kier molecular flexibility index (Phi) is 3.78. The van der Waals surface area contributed by atoms with Gasteiger partial charge in [-0.25, -0.2) is 17.2 Å². The number of nitrogens with zero attached hydrogens (tertiary/aromatic N) is 1. The van der Waals surface area contributed by atoms with E-state index in [9.17, 15) is 17.2 Å². The molecular formula is C13H9F2N3O2S. The van der Waals surface area contributed by atoms with E-state index in [-0.39, 0.29) is 11.4 Å². The molecule has 0 radical (unpaired) electrons. The summed E-state index contributed by atoms with van der Waals surface area (Å²) < 4.78 is 53.2. The topological polar surface area (TPSA) is 96.0 Å². The van der Waals surface area contributed by atoms with Crippen LogP contribution in [0.3, 0.4) is 0 Å². The first kappa shape index (κ1) is 14.7. The zero-order valence-corrected chi connectivity index (χ0v) is 11.3. The van der Waals surface area contributed by atoms with Crippen LogP contribution in [0.2, 0.25) is 0 Å². The number of sulfonamides is 1. The van der Waals surface area contributed by atoms with Gasteiger partial charge in [0.25, 0.3) is 10.0 Å². The molecule has 0 aromatic heterocycles. The van der Waals surface area contributed by atoms with E-state index in [0.29, 0.717) is 0 Å². The maximum absolute atomic E-state index is 13.6. The molecule has 0 unspecified atom stereocenters. The second-order valence-electron chi connectivity index (χ2n) is 4.07. The Bertz CT molecular complexity index is 845. The van der Waals surface area contributed by atoms with Crippen LogP contribution in [0, 0.1) is 23.0 Å². The zero-order chi connectivity index (χ0) is 15.6. The molecule has 8 heteroatoms. The van der Waals surface area contributed by atoms with Crippen LogP contribution >= 0.6 is 0 Å². The summed E-state index contributed by atoms with van der Waals surface area (Å²) in [6.07, 6.45) is 0. The first-order chi connectivity index (χ1) is 9.85. The molecule has 2 aromatic rings. The van der Waals surface area contributed by atoms with Crippen LogP contribution in [0.25, 0.3) is 0 Å². The summed E-state index contributed by atoms with van der Waals surface area (Å²) in [4.78, 5) is -0.685. The highest BCUT2D eigenvalue weighted by atomic mass is 32.2. The average Bonchev–Trinajstić information content (AvgIpc) is 2.41. The molecule has 0 spiro atoms. The van der Waals surface area contributed by atoms with Crippen LogP contribution in [0.1, 0.15) is 5.56 Å². The van der Waals surface area contributed by atoms with Crippen molar-refractivity contribution in [3.63, 3.8) is 0 Å². The average molecular weight is 309 g/mol. The van der Waals surface area contributed by atoms with Crippen LogP contribution < -0.4 is 10.5 Å². The lowest BCUT2D eigenvalue weighted by Crippen LogP contribution is -2.16. The van der Waals surface area contributed by atoms with Crippen molar-refractivity contribution in [3.8, 4) is 6.07 Å². The Morgan fingerprint density at radius 2 is 1.86 bits per heavy atom. The van der Waals surface area contributed by atoms with Gasteiger partial charge in [-0.05, 0) is 30.3 Å². The van der Waals surface area contributed by atoms with E-state index in [1.54, 1.807) is 6.07 Å². The molecule has 2 rings (SSSR count). The Morgan fingerprint density at radius 3 is 2.52 bits per heavy atom. The molecule has 0 fully saturated rings. The maximum atomic E-state index is 13.6. The third-order valence-electron chi connectivity index (χ3n) is 2.61. The van der Waals surface area contributed by atoms with Gasteiger partial charge < -0.3 is 5.73 Å². The number of rotatable bonds is 3. The predicted octanol–water partition coefficient (Wildman–Crippen LogP) is 2.22. The Morgan fingerprint density at radius 1 is 1.14 bits per heavy atom. The normalized spacial score (nSPS) is 10.9. The highest BCUT2D eigenvalue weighted by molar-refractivity contribution is 7.92. The van der Waals surface area contributed by atoms with Gasteiger partial charge in [0.1, 0.15) is 28.2 Å². The number of halogens is 2.